The third-order valence-corrected chi connectivity index (χ3v) is 2.67. The van der Waals surface area contributed by atoms with Crippen molar-refractivity contribution in [3.05, 3.63) is 0 Å². The monoisotopic (exact) mass is 189 g/mol. The first-order valence-corrected chi connectivity index (χ1v) is 4.95. The smallest absolute Gasteiger partial charge is 0.326 e. The summed E-state index contributed by atoms with van der Waals surface area (Å²) in [4.78, 5) is 21.5. The van der Waals surface area contributed by atoms with Gasteiger partial charge in [0.05, 0.1) is 0 Å². The van der Waals surface area contributed by atoms with Crippen molar-refractivity contribution in [3.63, 3.8) is 0 Å². The van der Waals surface area contributed by atoms with E-state index in [2.05, 4.69) is 5.32 Å². The molecule has 0 saturated carbocycles. The van der Waals surface area contributed by atoms with Crippen molar-refractivity contribution >= 4 is 23.6 Å². The topological polar surface area (TPSA) is 66.4 Å². The van der Waals surface area contributed by atoms with Gasteiger partial charge in [0.2, 0.25) is 5.91 Å². The summed E-state index contributed by atoms with van der Waals surface area (Å²) >= 11 is 1.63. The number of rotatable bonds is 1. The van der Waals surface area contributed by atoms with Gasteiger partial charge in [-0.15, -0.1) is 0 Å². The van der Waals surface area contributed by atoms with Gasteiger partial charge in [-0.05, 0) is 12.2 Å². The van der Waals surface area contributed by atoms with Crippen LogP contribution in [0.1, 0.15) is 12.8 Å². The standard InChI is InChI=1S/C7H11NO3S/c9-6-2-4-12-3-1-5(8-6)7(10)11/h5H,1-4H2,(H,8,9)(H,10,11). The van der Waals surface area contributed by atoms with Crippen molar-refractivity contribution in [3.8, 4) is 0 Å². The molecule has 1 rings (SSSR count). The van der Waals surface area contributed by atoms with Crippen LogP contribution < -0.4 is 5.32 Å². The summed E-state index contributed by atoms with van der Waals surface area (Å²) in [5, 5.41) is 11.1. The van der Waals surface area contributed by atoms with Crippen molar-refractivity contribution in [1.29, 1.82) is 0 Å². The molecule has 12 heavy (non-hydrogen) atoms. The maximum Gasteiger partial charge on any atom is 0.326 e. The molecule has 1 saturated heterocycles. The number of carboxylic acid groups (broad SMARTS) is 1. The third kappa shape index (κ3) is 2.73. The lowest BCUT2D eigenvalue weighted by Crippen LogP contribution is -2.42. The van der Waals surface area contributed by atoms with Crippen LogP contribution in [-0.4, -0.2) is 34.5 Å². The molecular weight excluding hydrogens is 178 g/mol. The van der Waals surface area contributed by atoms with E-state index in [0.717, 1.165) is 11.5 Å². The van der Waals surface area contributed by atoms with E-state index in [1.807, 2.05) is 0 Å². The lowest BCUT2D eigenvalue weighted by Gasteiger charge is -2.16. The molecule has 1 atom stereocenters. The van der Waals surface area contributed by atoms with Crippen LogP contribution in [-0.2, 0) is 9.59 Å². The first kappa shape index (κ1) is 9.38. The van der Waals surface area contributed by atoms with E-state index in [1.165, 1.54) is 0 Å². The molecule has 0 aliphatic carbocycles. The van der Waals surface area contributed by atoms with E-state index >= 15 is 0 Å². The van der Waals surface area contributed by atoms with Gasteiger partial charge in [0.25, 0.3) is 0 Å². The van der Waals surface area contributed by atoms with Crippen LogP contribution in [0.15, 0.2) is 0 Å². The quantitative estimate of drug-likeness (QED) is 0.613. The second-order valence-electron chi connectivity index (χ2n) is 2.61. The largest absolute Gasteiger partial charge is 0.480 e. The Morgan fingerprint density at radius 2 is 2.33 bits per heavy atom. The zero-order valence-electron chi connectivity index (χ0n) is 6.58. The van der Waals surface area contributed by atoms with Gasteiger partial charge in [-0.1, -0.05) is 0 Å². The molecule has 1 fully saturated rings. The predicted octanol–water partition coefficient (Wildman–Crippen LogP) is 0.0828. The zero-order chi connectivity index (χ0) is 8.97. The van der Waals surface area contributed by atoms with Crippen LogP contribution in [0.25, 0.3) is 0 Å². The molecule has 0 aromatic heterocycles. The Bertz CT molecular complexity index is 195. The minimum absolute atomic E-state index is 0.158. The summed E-state index contributed by atoms with van der Waals surface area (Å²) in [5.74, 6) is 0.496. The molecule has 1 amide bonds. The highest BCUT2D eigenvalue weighted by molar-refractivity contribution is 7.99. The van der Waals surface area contributed by atoms with Crippen molar-refractivity contribution in [2.75, 3.05) is 11.5 Å². The highest BCUT2D eigenvalue weighted by Gasteiger charge is 2.20. The van der Waals surface area contributed by atoms with Gasteiger partial charge in [0.15, 0.2) is 0 Å². The zero-order valence-corrected chi connectivity index (χ0v) is 7.39. The molecule has 1 aliphatic rings. The van der Waals surface area contributed by atoms with Crippen LogP contribution in [0.5, 0.6) is 0 Å². The van der Waals surface area contributed by atoms with Crippen LogP contribution in [0.4, 0.5) is 0 Å². The minimum Gasteiger partial charge on any atom is -0.480 e. The number of hydrogen-bond acceptors (Lipinski definition) is 3. The number of amides is 1. The third-order valence-electron chi connectivity index (χ3n) is 1.66. The molecule has 2 N–H and O–H groups in total. The Kier molecular flexibility index (Phi) is 3.40. The molecule has 4 nitrogen and oxygen atoms in total. The Morgan fingerprint density at radius 1 is 1.58 bits per heavy atom. The number of thioether (sulfide) groups is 1. The number of hydrogen-bond donors (Lipinski definition) is 2. The van der Waals surface area contributed by atoms with Gasteiger partial charge in [-0.2, -0.15) is 11.8 Å². The summed E-state index contributed by atoms with van der Waals surface area (Å²) in [6.07, 6.45) is 0.945. The fraction of sp³-hybridized carbons (Fsp3) is 0.714. The van der Waals surface area contributed by atoms with Gasteiger partial charge in [-0.25, -0.2) is 4.79 Å². The fourth-order valence-corrected chi connectivity index (χ4v) is 1.93. The van der Waals surface area contributed by atoms with Gasteiger partial charge < -0.3 is 10.4 Å². The molecule has 1 aliphatic heterocycles. The van der Waals surface area contributed by atoms with E-state index in [-0.39, 0.29) is 5.91 Å². The van der Waals surface area contributed by atoms with Crippen LogP contribution >= 0.6 is 11.8 Å². The number of aliphatic carboxylic acids is 1. The fourth-order valence-electron chi connectivity index (χ4n) is 0.992. The summed E-state index contributed by atoms with van der Waals surface area (Å²) in [7, 11) is 0. The lowest BCUT2D eigenvalue weighted by atomic mass is 10.2. The van der Waals surface area contributed by atoms with E-state index in [0.29, 0.717) is 12.8 Å². The average molecular weight is 189 g/mol. The molecule has 0 aromatic carbocycles. The number of nitrogens with one attached hydrogen (secondary N) is 1. The molecule has 0 bridgehead atoms. The number of carbonyl (C=O) groups excluding carboxylic acids is 1. The Balaban J connectivity index is 2.49. The molecular formula is C7H11NO3S. The average Bonchev–Trinajstić information content (AvgIpc) is 1.95. The molecule has 68 valence electrons. The summed E-state index contributed by atoms with van der Waals surface area (Å²) < 4.78 is 0. The van der Waals surface area contributed by atoms with Gasteiger partial charge in [-0.3, -0.25) is 4.79 Å². The predicted molar refractivity (Wildman–Crippen MR) is 46.1 cm³/mol. The lowest BCUT2D eigenvalue weighted by molar-refractivity contribution is -0.141. The van der Waals surface area contributed by atoms with Crippen molar-refractivity contribution in [2.24, 2.45) is 0 Å². The van der Waals surface area contributed by atoms with Crippen molar-refractivity contribution in [2.45, 2.75) is 18.9 Å². The minimum atomic E-state index is -0.939. The molecule has 5 heteroatoms. The first-order valence-electron chi connectivity index (χ1n) is 3.80. The van der Waals surface area contributed by atoms with Gasteiger partial charge in [0.1, 0.15) is 6.04 Å². The second kappa shape index (κ2) is 4.35. The van der Waals surface area contributed by atoms with Crippen LogP contribution in [0.3, 0.4) is 0 Å². The SMILES string of the molecule is O=C1CCSCCC(C(=O)O)N1. The molecule has 1 heterocycles. The summed E-state index contributed by atoms with van der Waals surface area (Å²) in [6, 6.07) is -0.690. The normalized spacial score (nSPS) is 25.3. The maximum atomic E-state index is 11.0. The molecule has 1 unspecified atom stereocenters. The summed E-state index contributed by atoms with van der Waals surface area (Å²) in [6.45, 7) is 0. The van der Waals surface area contributed by atoms with Gasteiger partial charge in [0, 0.05) is 12.2 Å². The van der Waals surface area contributed by atoms with Crippen LogP contribution in [0.2, 0.25) is 0 Å². The molecule has 0 spiro atoms. The second-order valence-corrected chi connectivity index (χ2v) is 3.83. The van der Waals surface area contributed by atoms with E-state index in [1.54, 1.807) is 11.8 Å². The van der Waals surface area contributed by atoms with Gasteiger partial charge >= 0.3 is 5.97 Å². The maximum absolute atomic E-state index is 11.0. The van der Waals surface area contributed by atoms with Crippen molar-refractivity contribution in [1.82, 2.24) is 5.32 Å². The Hall–Kier alpha value is -0.710. The Labute approximate surface area is 74.7 Å². The Morgan fingerprint density at radius 3 is 3.00 bits per heavy atom. The number of carbonyl (C=O) groups is 2. The first-order chi connectivity index (χ1) is 5.70. The van der Waals surface area contributed by atoms with E-state index in [9.17, 15) is 9.59 Å². The molecule has 0 radical (unpaired) electrons. The number of carboxylic acids is 1. The van der Waals surface area contributed by atoms with E-state index < -0.39 is 12.0 Å². The highest BCUT2D eigenvalue weighted by atomic mass is 32.2. The van der Waals surface area contributed by atoms with Crippen LogP contribution in [0, 0.1) is 0 Å². The summed E-state index contributed by atoms with van der Waals surface area (Å²) in [5.41, 5.74) is 0. The van der Waals surface area contributed by atoms with Crippen molar-refractivity contribution < 1.29 is 14.7 Å². The molecule has 0 aromatic rings. The van der Waals surface area contributed by atoms with E-state index in [4.69, 9.17) is 5.11 Å². The highest BCUT2D eigenvalue weighted by Crippen LogP contribution is 2.10.